The molecule has 0 aromatic rings. The summed E-state index contributed by atoms with van der Waals surface area (Å²) in [5.74, 6) is 1.15. The number of fused-ring (bicyclic) bond motifs is 1. The summed E-state index contributed by atoms with van der Waals surface area (Å²) in [6.45, 7) is 7.51. The summed E-state index contributed by atoms with van der Waals surface area (Å²) < 4.78 is 42.8. The highest BCUT2D eigenvalue weighted by atomic mass is 19.4. The zero-order valence-corrected chi connectivity index (χ0v) is 14.9. The average molecular weight is 350 g/mol. The van der Waals surface area contributed by atoms with Crippen LogP contribution in [0.25, 0.3) is 0 Å². The number of halogens is 3. The largest absolute Gasteiger partial charge is 0.401 e. The number of hydrogen-bond acceptors (Lipinski definition) is 3. The molecule has 0 bridgehead atoms. The van der Waals surface area contributed by atoms with Crippen molar-refractivity contribution in [1.29, 1.82) is 0 Å². The minimum atomic E-state index is -4.17. The Morgan fingerprint density at radius 1 is 1.38 bits per heavy atom. The summed E-state index contributed by atoms with van der Waals surface area (Å²) in [6.07, 6.45) is -2.84. The molecular weight excluding hydrogens is 321 g/mol. The second-order valence-electron chi connectivity index (χ2n) is 7.30. The molecule has 3 atom stereocenters. The van der Waals surface area contributed by atoms with E-state index in [1.807, 2.05) is 6.92 Å². The van der Waals surface area contributed by atoms with Gasteiger partial charge in [0.2, 0.25) is 0 Å². The van der Waals surface area contributed by atoms with E-state index in [1.54, 1.807) is 0 Å². The van der Waals surface area contributed by atoms with Crippen molar-refractivity contribution in [3.05, 3.63) is 0 Å². The molecule has 2 aliphatic rings. The predicted molar refractivity (Wildman–Crippen MR) is 88.1 cm³/mol. The van der Waals surface area contributed by atoms with Crippen molar-refractivity contribution in [3.63, 3.8) is 0 Å². The van der Waals surface area contributed by atoms with Gasteiger partial charge in [-0.1, -0.05) is 13.8 Å². The molecule has 3 unspecified atom stereocenters. The van der Waals surface area contributed by atoms with Crippen LogP contribution in [0.2, 0.25) is 0 Å². The lowest BCUT2D eigenvalue weighted by Crippen LogP contribution is -2.68. The minimum Gasteiger partial charge on any atom is -0.377 e. The standard InChI is InChI=1S/C16H29F3N4O/c1-5-20-14(21-7-8-23(4)10-16(17,18)19)22-12-11-6-9-24-13(11)15(12,2)3/h11-13H,5-10H2,1-4H3,(H2,20,21,22). The van der Waals surface area contributed by atoms with E-state index in [0.717, 1.165) is 13.0 Å². The highest BCUT2D eigenvalue weighted by molar-refractivity contribution is 5.80. The monoisotopic (exact) mass is 350 g/mol. The second kappa shape index (κ2) is 7.47. The molecule has 0 aromatic carbocycles. The molecule has 1 saturated heterocycles. The van der Waals surface area contributed by atoms with E-state index in [9.17, 15) is 13.2 Å². The van der Waals surface area contributed by atoms with Gasteiger partial charge in [0.15, 0.2) is 5.96 Å². The molecule has 0 spiro atoms. The number of ether oxygens (including phenoxy) is 1. The number of alkyl halides is 3. The molecular formula is C16H29F3N4O. The van der Waals surface area contributed by atoms with E-state index in [4.69, 9.17) is 4.74 Å². The Kier molecular flexibility index (Phi) is 6.01. The first-order chi connectivity index (χ1) is 11.1. The van der Waals surface area contributed by atoms with Crippen LogP contribution in [-0.4, -0.2) is 69.0 Å². The zero-order valence-electron chi connectivity index (χ0n) is 14.9. The summed E-state index contributed by atoms with van der Waals surface area (Å²) in [4.78, 5) is 5.67. The van der Waals surface area contributed by atoms with E-state index in [0.29, 0.717) is 25.0 Å². The van der Waals surface area contributed by atoms with E-state index < -0.39 is 12.7 Å². The Labute approximate surface area is 142 Å². The number of likely N-dealkylation sites (N-methyl/N-ethyl adjacent to an activating group) is 1. The Bertz CT molecular complexity index is 453. The van der Waals surface area contributed by atoms with Crippen LogP contribution in [0, 0.1) is 11.3 Å². The summed E-state index contributed by atoms with van der Waals surface area (Å²) in [5.41, 5.74) is 0.0322. The van der Waals surface area contributed by atoms with Crippen LogP contribution in [0.4, 0.5) is 13.2 Å². The van der Waals surface area contributed by atoms with Crippen LogP contribution in [0.15, 0.2) is 4.99 Å². The highest BCUT2D eigenvalue weighted by Crippen LogP contribution is 2.52. The van der Waals surface area contributed by atoms with Crippen molar-refractivity contribution < 1.29 is 17.9 Å². The third-order valence-electron chi connectivity index (χ3n) is 4.94. The number of guanidine groups is 1. The van der Waals surface area contributed by atoms with Gasteiger partial charge in [-0.25, -0.2) is 0 Å². The van der Waals surface area contributed by atoms with E-state index in [1.165, 1.54) is 11.9 Å². The average Bonchev–Trinajstić information content (AvgIpc) is 2.89. The van der Waals surface area contributed by atoms with Crippen molar-refractivity contribution in [2.45, 2.75) is 45.5 Å². The van der Waals surface area contributed by atoms with E-state index >= 15 is 0 Å². The first kappa shape index (κ1) is 19.3. The molecule has 2 fully saturated rings. The fraction of sp³-hybridized carbons (Fsp3) is 0.938. The molecule has 1 saturated carbocycles. The van der Waals surface area contributed by atoms with Gasteiger partial charge < -0.3 is 15.4 Å². The van der Waals surface area contributed by atoms with Crippen molar-refractivity contribution in [2.75, 3.05) is 39.8 Å². The van der Waals surface area contributed by atoms with Crippen LogP contribution in [-0.2, 0) is 4.74 Å². The van der Waals surface area contributed by atoms with Gasteiger partial charge in [0.1, 0.15) is 0 Å². The first-order valence-electron chi connectivity index (χ1n) is 8.57. The van der Waals surface area contributed by atoms with Gasteiger partial charge in [-0.3, -0.25) is 9.89 Å². The summed E-state index contributed by atoms with van der Waals surface area (Å²) >= 11 is 0. The molecule has 1 heterocycles. The van der Waals surface area contributed by atoms with E-state index in [-0.39, 0.29) is 24.1 Å². The Hall–Kier alpha value is -1.02. The molecule has 5 nitrogen and oxygen atoms in total. The van der Waals surface area contributed by atoms with Crippen LogP contribution >= 0.6 is 0 Å². The molecule has 0 amide bonds. The summed E-state index contributed by atoms with van der Waals surface area (Å²) in [6, 6.07) is 0.274. The van der Waals surface area contributed by atoms with Gasteiger partial charge in [0.25, 0.3) is 0 Å². The van der Waals surface area contributed by atoms with Gasteiger partial charge in [0, 0.05) is 37.1 Å². The molecule has 2 N–H and O–H groups in total. The molecule has 140 valence electrons. The number of nitrogens with one attached hydrogen (secondary N) is 2. The number of aliphatic imine (C=N–C) groups is 1. The third kappa shape index (κ3) is 4.53. The maximum atomic E-state index is 12.3. The lowest BCUT2D eigenvalue weighted by molar-refractivity contribution is -0.142. The maximum absolute atomic E-state index is 12.3. The number of rotatable bonds is 6. The topological polar surface area (TPSA) is 48.9 Å². The minimum absolute atomic E-state index is 0.0322. The molecule has 2 rings (SSSR count). The normalized spacial score (nSPS) is 29.3. The van der Waals surface area contributed by atoms with Crippen molar-refractivity contribution >= 4 is 5.96 Å². The van der Waals surface area contributed by atoms with Gasteiger partial charge in [-0.15, -0.1) is 0 Å². The van der Waals surface area contributed by atoms with Crippen LogP contribution in [0.5, 0.6) is 0 Å². The number of nitrogens with zero attached hydrogens (tertiary/aromatic N) is 2. The molecule has 8 heteroatoms. The maximum Gasteiger partial charge on any atom is 0.401 e. The van der Waals surface area contributed by atoms with Crippen LogP contribution < -0.4 is 10.6 Å². The fourth-order valence-corrected chi connectivity index (χ4v) is 3.80. The Morgan fingerprint density at radius 2 is 2.08 bits per heavy atom. The van der Waals surface area contributed by atoms with E-state index in [2.05, 4.69) is 29.5 Å². The van der Waals surface area contributed by atoms with Crippen molar-refractivity contribution in [2.24, 2.45) is 16.3 Å². The highest BCUT2D eigenvalue weighted by Gasteiger charge is 2.59. The van der Waals surface area contributed by atoms with Gasteiger partial charge in [-0.2, -0.15) is 13.2 Å². The molecule has 1 aliphatic carbocycles. The Morgan fingerprint density at radius 3 is 2.71 bits per heavy atom. The molecule has 24 heavy (non-hydrogen) atoms. The number of hydrogen-bond donors (Lipinski definition) is 2. The SMILES string of the molecule is CCNC(=NCCN(C)CC(F)(F)F)NC1C2CCOC2C1(C)C. The van der Waals surface area contributed by atoms with Gasteiger partial charge in [0.05, 0.1) is 19.2 Å². The van der Waals surface area contributed by atoms with Crippen LogP contribution in [0.3, 0.4) is 0 Å². The molecule has 1 aliphatic heterocycles. The van der Waals surface area contributed by atoms with Crippen molar-refractivity contribution in [3.8, 4) is 0 Å². The summed E-state index contributed by atoms with van der Waals surface area (Å²) in [7, 11) is 1.46. The quantitative estimate of drug-likeness (QED) is 0.567. The van der Waals surface area contributed by atoms with Crippen molar-refractivity contribution in [1.82, 2.24) is 15.5 Å². The zero-order chi connectivity index (χ0) is 18.0. The fourth-order valence-electron chi connectivity index (χ4n) is 3.80. The first-order valence-corrected chi connectivity index (χ1v) is 8.57. The van der Waals surface area contributed by atoms with Gasteiger partial charge >= 0.3 is 6.18 Å². The lowest BCUT2D eigenvalue weighted by atomic mass is 9.57. The lowest BCUT2D eigenvalue weighted by Gasteiger charge is -2.54. The van der Waals surface area contributed by atoms with Gasteiger partial charge in [-0.05, 0) is 20.4 Å². The van der Waals surface area contributed by atoms with Crippen LogP contribution in [0.1, 0.15) is 27.2 Å². The molecule has 0 radical (unpaired) electrons. The Balaban J connectivity index is 1.87. The summed E-state index contributed by atoms with van der Waals surface area (Å²) in [5, 5.41) is 6.63. The predicted octanol–water partition coefficient (Wildman–Crippen LogP) is 1.85. The molecule has 0 aromatic heterocycles. The smallest absolute Gasteiger partial charge is 0.377 e. The second-order valence-corrected chi connectivity index (χ2v) is 7.30. The third-order valence-corrected chi connectivity index (χ3v) is 4.94.